The van der Waals surface area contributed by atoms with Crippen molar-refractivity contribution in [1.29, 1.82) is 0 Å². The van der Waals surface area contributed by atoms with Crippen LogP contribution in [0.15, 0.2) is 12.1 Å². The topological polar surface area (TPSA) is 41.5 Å². The normalized spacial score (nSPS) is 32.5. The summed E-state index contributed by atoms with van der Waals surface area (Å²) in [6.07, 6.45) is 3.33. The van der Waals surface area contributed by atoms with Gasteiger partial charge in [-0.2, -0.15) is 0 Å². The molecule has 0 radical (unpaired) electrons. The SMILES string of the molecule is Cc1ccc(O)c2c1C(C)CC2NCC1(C)CCCO1. The predicted octanol–water partition coefficient (Wildman–Crippen LogP) is 3.41. The summed E-state index contributed by atoms with van der Waals surface area (Å²) in [4.78, 5) is 0. The standard InChI is InChI=1S/C17H25NO2/c1-11-5-6-14(19)16-13(9-12(2)15(11)16)18-10-17(3)7-4-8-20-17/h5-6,12-13,18-19H,4,7-10H2,1-3H3. The summed E-state index contributed by atoms with van der Waals surface area (Å²) in [5.41, 5.74) is 3.70. The molecule has 0 bridgehead atoms. The Morgan fingerprint density at radius 1 is 1.40 bits per heavy atom. The molecule has 110 valence electrons. The van der Waals surface area contributed by atoms with Crippen LogP contribution in [0.2, 0.25) is 0 Å². The third-order valence-corrected chi connectivity index (χ3v) is 4.94. The fraction of sp³-hybridized carbons (Fsp3) is 0.647. The molecule has 1 saturated heterocycles. The number of rotatable bonds is 3. The van der Waals surface area contributed by atoms with Crippen molar-refractivity contribution in [2.45, 2.75) is 57.6 Å². The Labute approximate surface area is 121 Å². The number of fused-ring (bicyclic) bond motifs is 1. The number of benzene rings is 1. The van der Waals surface area contributed by atoms with Gasteiger partial charge in [-0.1, -0.05) is 13.0 Å². The highest BCUT2D eigenvalue weighted by molar-refractivity contribution is 5.50. The van der Waals surface area contributed by atoms with E-state index in [0.717, 1.165) is 38.0 Å². The Balaban J connectivity index is 1.79. The molecule has 1 fully saturated rings. The van der Waals surface area contributed by atoms with E-state index in [4.69, 9.17) is 4.74 Å². The van der Waals surface area contributed by atoms with Gasteiger partial charge in [0.25, 0.3) is 0 Å². The first-order valence-electron chi connectivity index (χ1n) is 7.70. The largest absolute Gasteiger partial charge is 0.508 e. The summed E-state index contributed by atoms with van der Waals surface area (Å²) in [5, 5.41) is 13.9. The predicted molar refractivity (Wildman–Crippen MR) is 80.2 cm³/mol. The molecule has 0 saturated carbocycles. The molecule has 3 nitrogen and oxygen atoms in total. The van der Waals surface area contributed by atoms with E-state index >= 15 is 0 Å². The third-order valence-electron chi connectivity index (χ3n) is 4.94. The lowest BCUT2D eigenvalue weighted by molar-refractivity contribution is 0.0186. The van der Waals surface area contributed by atoms with Gasteiger partial charge in [0.15, 0.2) is 0 Å². The molecule has 1 aromatic carbocycles. The molecular weight excluding hydrogens is 250 g/mol. The molecule has 0 spiro atoms. The minimum Gasteiger partial charge on any atom is -0.508 e. The summed E-state index contributed by atoms with van der Waals surface area (Å²) in [6.45, 7) is 8.30. The summed E-state index contributed by atoms with van der Waals surface area (Å²) < 4.78 is 5.84. The van der Waals surface area contributed by atoms with Crippen molar-refractivity contribution in [3.05, 3.63) is 28.8 Å². The minimum absolute atomic E-state index is 0.0363. The maximum absolute atomic E-state index is 10.2. The molecule has 3 heteroatoms. The van der Waals surface area contributed by atoms with Crippen molar-refractivity contribution in [2.75, 3.05) is 13.2 Å². The lowest BCUT2D eigenvalue weighted by Gasteiger charge is -2.26. The first-order chi connectivity index (χ1) is 9.50. The smallest absolute Gasteiger partial charge is 0.120 e. The van der Waals surface area contributed by atoms with Crippen molar-refractivity contribution in [3.63, 3.8) is 0 Å². The lowest BCUT2D eigenvalue weighted by atomic mass is 9.97. The minimum atomic E-state index is -0.0363. The molecule has 1 heterocycles. The van der Waals surface area contributed by atoms with Gasteiger partial charge in [-0.15, -0.1) is 0 Å². The van der Waals surface area contributed by atoms with E-state index in [1.165, 1.54) is 11.1 Å². The van der Waals surface area contributed by atoms with Gasteiger partial charge in [0.1, 0.15) is 5.75 Å². The number of ether oxygens (including phenoxy) is 1. The number of nitrogens with one attached hydrogen (secondary N) is 1. The van der Waals surface area contributed by atoms with E-state index in [9.17, 15) is 5.11 Å². The van der Waals surface area contributed by atoms with Crippen LogP contribution in [-0.2, 0) is 4.74 Å². The van der Waals surface area contributed by atoms with Gasteiger partial charge in [-0.05, 0) is 56.2 Å². The summed E-state index contributed by atoms with van der Waals surface area (Å²) in [6, 6.07) is 4.10. The van der Waals surface area contributed by atoms with Gasteiger partial charge in [0.2, 0.25) is 0 Å². The Morgan fingerprint density at radius 3 is 2.90 bits per heavy atom. The zero-order valence-corrected chi connectivity index (χ0v) is 12.7. The second kappa shape index (κ2) is 5.05. The van der Waals surface area contributed by atoms with Crippen molar-refractivity contribution >= 4 is 0 Å². The first kappa shape index (κ1) is 13.9. The highest BCUT2D eigenvalue weighted by Crippen LogP contribution is 2.46. The van der Waals surface area contributed by atoms with Crippen LogP contribution in [0.1, 0.15) is 61.8 Å². The lowest BCUT2D eigenvalue weighted by Crippen LogP contribution is -2.38. The van der Waals surface area contributed by atoms with Crippen molar-refractivity contribution in [1.82, 2.24) is 5.32 Å². The van der Waals surface area contributed by atoms with Crippen LogP contribution in [0, 0.1) is 6.92 Å². The summed E-state index contributed by atoms with van der Waals surface area (Å²) >= 11 is 0. The number of hydrogen-bond acceptors (Lipinski definition) is 3. The number of phenols is 1. The van der Waals surface area contributed by atoms with Crippen LogP contribution < -0.4 is 5.32 Å². The molecule has 1 aliphatic carbocycles. The van der Waals surface area contributed by atoms with Gasteiger partial charge in [0.05, 0.1) is 5.60 Å². The van der Waals surface area contributed by atoms with Gasteiger partial charge >= 0.3 is 0 Å². The number of aryl methyl sites for hydroxylation is 1. The molecule has 3 unspecified atom stereocenters. The van der Waals surface area contributed by atoms with E-state index < -0.39 is 0 Å². The second-order valence-corrected chi connectivity index (χ2v) is 6.70. The Hall–Kier alpha value is -1.06. The highest BCUT2D eigenvalue weighted by atomic mass is 16.5. The Morgan fingerprint density at radius 2 is 2.20 bits per heavy atom. The molecule has 1 aliphatic heterocycles. The average Bonchev–Trinajstić information content (AvgIpc) is 2.97. The Kier molecular flexibility index (Phi) is 3.51. The molecular formula is C17H25NO2. The Bertz CT molecular complexity index is 506. The fourth-order valence-electron chi connectivity index (χ4n) is 3.84. The molecule has 3 atom stereocenters. The molecule has 20 heavy (non-hydrogen) atoms. The van der Waals surface area contributed by atoms with Crippen LogP contribution in [0.25, 0.3) is 0 Å². The maximum atomic E-state index is 10.2. The van der Waals surface area contributed by atoms with E-state index in [1.54, 1.807) is 0 Å². The van der Waals surface area contributed by atoms with Crippen LogP contribution >= 0.6 is 0 Å². The summed E-state index contributed by atoms with van der Waals surface area (Å²) in [5.74, 6) is 0.942. The van der Waals surface area contributed by atoms with Crippen molar-refractivity contribution in [3.8, 4) is 5.75 Å². The molecule has 3 rings (SSSR count). The van der Waals surface area contributed by atoms with Crippen molar-refractivity contribution < 1.29 is 9.84 Å². The van der Waals surface area contributed by atoms with Gasteiger partial charge in [-0.3, -0.25) is 0 Å². The van der Waals surface area contributed by atoms with Crippen molar-refractivity contribution in [2.24, 2.45) is 0 Å². The average molecular weight is 275 g/mol. The van der Waals surface area contributed by atoms with Gasteiger partial charge in [-0.25, -0.2) is 0 Å². The van der Waals surface area contributed by atoms with Crippen LogP contribution in [-0.4, -0.2) is 23.9 Å². The van der Waals surface area contributed by atoms with E-state index in [2.05, 4.69) is 26.1 Å². The van der Waals surface area contributed by atoms with Crippen LogP contribution in [0.5, 0.6) is 5.75 Å². The number of aromatic hydroxyl groups is 1. The third kappa shape index (κ3) is 2.33. The fourth-order valence-corrected chi connectivity index (χ4v) is 3.84. The summed E-state index contributed by atoms with van der Waals surface area (Å²) in [7, 11) is 0. The number of phenolic OH excluding ortho intramolecular Hbond substituents is 1. The van der Waals surface area contributed by atoms with E-state index in [-0.39, 0.29) is 11.6 Å². The van der Waals surface area contributed by atoms with Gasteiger partial charge in [0, 0.05) is 24.8 Å². The number of hydrogen-bond donors (Lipinski definition) is 2. The van der Waals surface area contributed by atoms with E-state index in [1.807, 2.05) is 12.1 Å². The van der Waals surface area contributed by atoms with Crippen LogP contribution in [0.3, 0.4) is 0 Å². The highest BCUT2D eigenvalue weighted by Gasteiger charge is 2.35. The van der Waals surface area contributed by atoms with Crippen LogP contribution in [0.4, 0.5) is 0 Å². The van der Waals surface area contributed by atoms with E-state index in [0.29, 0.717) is 11.7 Å². The molecule has 2 aliphatic rings. The molecule has 1 aromatic rings. The maximum Gasteiger partial charge on any atom is 0.120 e. The monoisotopic (exact) mass is 275 g/mol. The zero-order chi connectivity index (χ0) is 14.3. The molecule has 0 aromatic heterocycles. The zero-order valence-electron chi connectivity index (χ0n) is 12.7. The second-order valence-electron chi connectivity index (χ2n) is 6.70. The first-order valence-corrected chi connectivity index (χ1v) is 7.70. The quantitative estimate of drug-likeness (QED) is 0.888. The van der Waals surface area contributed by atoms with Gasteiger partial charge < -0.3 is 15.2 Å². The molecule has 0 amide bonds. The molecule has 2 N–H and O–H groups in total.